The topological polar surface area (TPSA) is 64.6 Å². The maximum absolute atomic E-state index is 11.3. The van der Waals surface area contributed by atoms with E-state index in [9.17, 15) is 9.59 Å². The summed E-state index contributed by atoms with van der Waals surface area (Å²) in [7, 11) is 0. The van der Waals surface area contributed by atoms with Gasteiger partial charge in [-0.05, 0) is 19.4 Å². The second kappa shape index (κ2) is 14.0. The van der Waals surface area contributed by atoms with Gasteiger partial charge in [-0.2, -0.15) is 0 Å². The van der Waals surface area contributed by atoms with Crippen LogP contribution in [0.5, 0.6) is 0 Å². The van der Waals surface area contributed by atoms with Crippen molar-refractivity contribution in [3.8, 4) is 0 Å². The molecule has 0 aliphatic rings. The molecule has 1 N–H and O–H groups in total. The van der Waals surface area contributed by atoms with Crippen molar-refractivity contribution in [3.63, 3.8) is 0 Å². The molecule has 0 aliphatic carbocycles. The molecule has 0 aromatic rings. The van der Waals surface area contributed by atoms with Crippen molar-refractivity contribution in [2.45, 2.75) is 26.7 Å². The Bertz CT molecular complexity index is 324. The lowest BCUT2D eigenvalue weighted by Crippen LogP contribution is -2.25. The fourth-order valence-electron chi connectivity index (χ4n) is 1.30. The summed E-state index contributed by atoms with van der Waals surface area (Å²) in [5.74, 6) is -0.0635. The summed E-state index contributed by atoms with van der Waals surface area (Å²) in [6.07, 6.45) is 8.31. The molecule has 0 atom stereocenters. The second-order valence-electron chi connectivity index (χ2n) is 4.08. The Morgan fingerprint density at radius 3 is 2.55 bits per heavy atom. The van der Waals surface area contributed by atoms with Gasteiger partial charge in [0, 0.05) is 13.0 Å². The zero-order chi connectivity index (χ0) is 15.1. The molecule has 0 radical (unpaired) electrons. The van der Waals surface area contributed by atoms with Crippen LogP contribution in [0.2, 0.25) is 0 Å². The molecule has 0 saturated heterocycles. The second-order valence-corrected chi connectivity index (χ2v) is 4.08. The lowest BCUT2D eigenvalue weighted by Gasteiger charge is -2.05. The standard InChI is InChI=1S/C15H25NO4/c1-3-5-6-8-14(17)13-20-12-11-19-10-9-16-15(18)7-4-2/h4-7H,3,8-13H2,1-2H3,(H,16,18)/b6-5-,7-4+. The van der Waals surface area contributed by atoms with Gasteiger partial charge >= 0.3 is 0 Å². The first-order chi connectivity index (χ1) is 9.70. The molecule has 0 rings (SSSR count). The Kier molecular flexibility index (Phi) is 12.9. The molecule has 114 valence electrons. The normalized spacial score (nSPS) is 11.3. The number of rotatable bonds is 12. The van der Waals surface area contributed by atoms with Crippen LogP contribution in [0.25, 0.3) is 0 Å². The van der Waals surface area contributed by atoms with Crippen molar-refractivity contribution in [3.05, 3.63) is 24.3 Å². The van der Waals surface area contributed by atoms with Crippen molar-refractivity contribution in [1.29, 1.82) is 0 Å². The highest BCUT2D eigenvalue weighted by molar-refractivity contribution is 5.87. The van der Waals surface area contributed by atoms with Crippen LogP contribution in [-0.4, -0.2) is 44.7 Å². The third-order valence-electron chi connectivity index (χ3n) is 2.25. The van der Waals surface area contributed by atoms with Crippen molar-refractivity contribution in [1.82, 2.24) is 5.32 Å². The van der Waals surface area contributed by atoms with E-state index in [1.807, 2.05) is 19.1 Å². The van der Waals surface area contributed by atoms with Gasteiger partial charge in [-0.1, -0.05) is 25.2 Å². The first-order valence-electron chi connectivity index (χ1n) is 6.93. The highest BCUT2D eigenvalue weighted by Crippen LogP contribution is 1.90. The average Bonchev–Trinajstić information content (AvgIpc) is 2.42. The number of allylic oxidation sites excluding steroid dienone is 3. The fourth-order valence-corrected chi connectivity index (χ4v) is 1.30. The number of carbonyl (C=O) groups is 2. The fraction of sp³-hybridized carbons (Fsp3) is 0.600. The van der Waals surface area contributed by atoms with E-state index in [1.165, 1.54) is 6.08 Å². The number of amides is 1. The highest BCUT2D eigenvalue weighted by Gasteiger charge is 1.99. The predicted octanol–water partition coefficient (Wildman–Crippen LogP) is 1.64. The van der Waals surface area contributed by atoms with E-state index in [1.54, 1.807) is 13.0 Å². The quantitative estimate of drug-likeness (QED) is 0.336. The Morgan fingerprint density at radius 1 is 1.10 bits per heavy atom. The van der Waals surface area contributed by atoms with E-state index in [-0.39, 0.29) is 18.3 Å². The van der Waals surface area contributed by atoms with Crippen molar-refractivity contribution in [2.24, 2.45) is 0 Å². The van der Waals surface area contributed by atoms with E-state index in [4.69, 9.17) is 9.47 Å². The Morgan fingerprint density at radius 2 is 1.85 bits per heavy atom. The van der Waals surface area contributed by atoms with Gasteiger partial charge in [-0.15, -0.1) is 0 Å². The maximum atomic E-state index is 11.3. The molecular formula is C15H25NO4. The zero-order valence-electron chi connectivity index (χ0n) is 12.4. The summed E-state index contributed by atoms with van der Waals surface area (Å²) in [5.41, 5.74) is 0. The minimum atomic E-state index is -0.127. The van der Waals surface area contributed by atoms with Crippen LogP contribution in [0.15, 0.2) is 24.3 Å². The van der Waals surface area contributed by atoms with Gasteiger partial charge in [0.05, 0.1) is 19.8 Å². The highest BCUT2D eigenvalue weighted by atomic mass is 16.5. The van der Waals surface area contributed by atoms with E-state index < -0.39 is 0 Å². The van der Waals surface area contributed by atoms with E-state index in [2.05, 4.69) is 5.32 Å². The minimum Gasteiger partial charge on any atom is -0.377 e. The van der Waals surface area contributed by atoms with Gasteiger partial charge in [-0.3, -0.25) is 9.59 Å². The number of hydrogen-bond acceptors (Lipinski definition) is 4. The lowest BCUT2D eigenvalue weighted by atomic mass is 10.2. The number of Topliss-reactive ketones (excluding diaryl/α,β-unsaturated/α-hetero) is 1. The molecule has 0 spiro atoms. The monoisotopic (exact) mass is 283 g/mol. The van der Waals surface area contributed by atoms with Gasteiger partial charge in [0.1, 0.15) is 6.61 Å². The molecule has 0 aromatic carbocycles. The average molecular weight is 283 g/mol. The van der Waals surface area contributed by atoms with E-state index in [0.29, 0.717) is 32.8 Å². The number of ether oxygens (including phenoxy) is 2. The number of nitrogens with one attached hydrogen (secondary N) is 1. The number of ketones is 1. The van der Waals surface area contributed by atoms with Gasteiger partial charge in [-0.25, -0.2) is 0 Å². The Hall–Kier alpha value is -1.46. The summed E-state index contributed by atoms with van der Waals surface area (Å²) >= 11 is 0. The Balaban J connectivity index is 3.30. The molecule has 0 aliphatic heterocycles. The molecule has 1 amide bonds. The van der Waals surface area contributed by atoms with Crippen molar-refractivity contribution >= 4 is 11.7 Å². The van der Waals surface area contributed by atoms with Crippen LogP contribution in [0, 0.1) is 0 Å². The maximum Gasteiger partial charge on any atom is 0.243 e. The molecule has 0 heterocycles. The van der Waals surface area contributed by atoms with Crippen LogP contribution in [0.1, 0.15) is 26.7 Å². The molecule has 20 heavy (non-hydrogen) atoms. The van der Waals surface area contributed by atoms with Crippen LogP contribution in [0.4, 0.5) is 0 Å². The molecule has 0 saturated carbocycles. The van der Waals surface area contributed by atoms with Gasteiger partial charge in [0.15, 0.2) is 5.78 Å². The number of carbonyl (C=O) groups excluding carboxylic acids is 2. The first kappa shape index (κ1) is 18.5. The van der Waals surface area contributed by atoms with Crippen LogP contribution < -0.4 is 5.32 Å². The van der Waals surface area contributed by atoms with E-state index in [0.717, 1.165) is 6.42 Å². The lowest BCUT2D eigenvalue weighted by molar-refractivity contribution is -0.123. The van der Waals surface area contributed by atoms with Crippen LogP contribution in [-0.2, 0) is 19.1 Å². The summed E-state index contributed by atoms with van der Waals surface area (Å²) in [5, 5.41) is 2.67. The zero-order valence-corrected chi connectivity index (χ0v) is 12.4. The van der Waals surface area contributed by atoms with Crippen molar-refractivity contribution < 1.29 is 19.1 Å². The van der Waals surface area contributed by atoms with Gasteiger partial charge in [0.25, 0.3) is 0 Å². The largest absolute Gasteiger partial charge is 0.377 e. The minimum absolute atomic E-state index is 0.0633. The number of hydrogen-bond donors (Lipinski definition) is 1. The van der Waals surface area contributed by atoms with Gasteiger partial charge < -0.3 is 14.8 Å². The Labute approximate surface area is 121 Å². The molecule has 5 heteroatoms. The summed E-state index contributed by atoms with van der Waals surface area (Å²) in [4.78, 5) is 22.4. The summed E-state index contributed by atoms with van der Waals surface area (Å²) < 4.78 is 10.4. The molecule has 0 bridgehead atoms. The molecular weight excluding hydrogens is 258 g/mol. The molecule has 0 unspecified atom stereocenters. The first-order valence-corrected chi connectivity index (χ1v) is 6.93. The molecule has 5 nitrogen and oxygen atoms in total. The third-order valence-corrected chi connectivity index (χ3v) is 2.25. The van der Waals surface area contributed by atoms with Gasteiger partial charge in [0.2, 0.25) is 5.91 Å². The smallest absolute Gasteiger partial charge is 0.243 e. The SMILES string of the molecule is C/C=C/C(=O)NCCOCCOCC(=O)C/C=C\CC. The van der Waals surface area contributed by atoms with Crippen molar-refractivity contribution in [2.75, 3.05) is 33.0 Å². The summed E-state index contributed by atoms with van der Waals surface area (Å²) in [6, 6.07) is 0. The molecule has 0 fully saturated rings. The van der Waals surface area contributed by atoms with Crippen LogP contribution in [0.3, 0.4) is 0 Å². The van der Waals surface area contributed by atoms with E-state index >= 15 is 0 Å². The molecule has 0 aromatic heterocycles. The summed E-state index contributed by atoms with van der Waals surface area (Å²) in [6.45, 7) is 5.62. The van der Waals surface area contributed by atoms with Crippen LogP contribution >= 0.6 is 0 Å². The third kappa shape index (κ3) is 13.0. The predicted molar refractivity (Wildman–Crippen MR) is 78.5 cm³/mol.